The number of nitrogens with zero attached hydrogens (tertiary/aromatic N) is 2. The highest BCUT2D eigenvalue weighted by atomic mass is 127. The lowest BCUT2D eigenvalue weighted by molar-refractivity contribution is -0.0990. The Morgan fingerprint density at radius 3 is 2.95 bits per heavy atom. The summed E-state index contributed by atoms with van der Waals surface area (Å²) in [6.45, 7) is 3.75. The van der Waals surface area contributed by atoms with E-state index in [4.69, 9.17) is 9.47 Å². The predicted molar refractivity (Wildman–Crippen MR) is 98.0 cm³/mol. The minimum atomic E-state index is -0.435. The number of nitrogens with one attached hydrogen (secondary N) is 1. The topological polar surface area (TPSA) is 46.1 Å². The van der Waals surface area contributed by atoms with E-state index in [0.717, 1.165) is 32.1 Å². The van der Waals surface area contributed by atoms with Gasteiger partial charge in [0.15, 0.2) is 5.96 Å². The fourth-order valence-corrected chi connectivity index (χ4v) is 3.11. The van der Waals surface area contributed by atoms with Gasteiger partial charge in [-0.3, -0.25) is 4.99 Å². The second kappa shape index (κ2) is 7.61. The van der Waals surface area contributed by atoms with Gasteiger partial charge in [-0.2, -0.15) is 0 Å². The Morgan fingerprint density at radius 2 is 2.23 bits per heavy atom. The third-order valence-electron chi connectivity index (χ3n) is 4.23. The van der Waals surface area contributed by atoms with Gasteiger partial charge in [0.25, 0.3) is 0 Å². The van der Waals surface area contributed by atoms with Crippen molar-refractivity contribution in [2.75, 3.05) is 47.0 Å². The normalized spacial score (nSPS) is 23.5. The highest BCUT2D eigenvalue weighted by Crippen LogP contribution is 2.33. The summed E-state index contributed by atoms with van der Waals surface area (Å²) in [7, 11) is 3.78. The lowest BCUT2D eigenvalue weighted by atomic mass is 9.86. The summed E-state index contributed by atoms with van der Waals surface area (Å²) in [4.78, 5) is 6.62. The first-order chi connectivity index (χ1) is 10.2. The van der Waals surface area contributed by atoms with Crippen LogP contribution in [0.1, 0.15) is 11.1 Å². The molecule has 6 heteroatoms. The van der Waals surface area contributed by atoms with E-state index in [1.165, 1.54) is 11.1 Å². The molecule has 2 aliphatic rings. The molecule has 3 rings (SSSR count). The van der Waals surface area contributed by atoms with Gasteiger partial charge in [0.05, 0.1) is 26.3 Å². The molecule has 1 aromatic carbocycles. The van der Waals surface area contributed by atoms with Crippen LogP contribution in [0.15, 0.2) is 29.3 Å². The number of hydrogen-bond donors (Lipinski definition) is 1. The monoisotopic (exact) mass is 417 g/mol. The Bertz CT molecular complexity index is 538. The molecular formula is C16H24IN3O2. The molecule has 22 heavy (non-hydrogen) atoms. The van der Waals surface area contributed by atoms with Gasteiger partial charge >= 0.3 is 0 Å². The molecule has 0 aromatic heterocycles. The van der Waals surface area contributed by atoms with Crippen LogP contribution in [0.2, 0.25) is 0 Å². The van der Waals surface area contributed by atoms with Crippen molar-refractivity contribution in [1.82, 2.24) is 10.2 Å². The maximum absolute atomic E-state index is 6.17. The van der Waals surface area contributed by atoms with E-state index < -0.39 is 5.60 Å². The molecule has 122 valence electrons. The van der Waals surface area contributed by atoms with Crippen LogP contribution in [0.4, 0.5) is 0 Å². The van der Waals surface area contributed by atoms with Crippen molar-refractivity contribution in [2.24, 2.45) is 4.99 Å². The molecule has 2 aliphatic heterocycles. The summed E-state index contributed by atoms with van der Waals surface area (Å²) in [5, 5.41) is 3.44. The summed E-state index contributed by atoms with van der Waals surface area (Å²) in [5.41, 5.74) is 2.14. The van der Waals surface area contributed by atoms with E-state index in [1.54, 1.807) is 7.11 Å². The lowest BCUT2D eigenvalue weighted by Crippen LogP contribution is -2.50. The van der Waals surface area contributed by atoms with E-state index >= 15 is 0 Å². The molecule has 1 aromatic rings. The zero-order valence-electron chi connectivity index (χ0n) is 13.2. The number of aliphatic imine (C=N–C) groups is 1. The molecule has 0 fully saturated rings. The molecule has 0 amide bonds. The first kappa shape index (κ1) is 17.5. The molecule has 5 nitrogen and oxygen atoms in total. The average Bonchev–Trinajstić information content (AvgIpc) is 2.91. The SMILES string of the molecule is COCC1(CNC2=NCCN2C)OCCc2ccccc21.I. The number of rotatable bonds is 4. The Morgan fingerprint density at radius 1 is 1.41 bits per heavy atom. The standard InChI is InChI=1S/C16H23N3O2.HI/c1-19-9-8-17-15(19)18-11-16(12-20-2)14-6-4-3-5-13(14)7-10-21-16;/h3-6H,7-12H2,1-2H3,(H,17,18);1H. The minimum Gasteiger partial charge on any atom is -0.381 e. The highest BCUT2D eigenvalue weighted by molar-refractivity contribution is 14.0. The van der Waals surface area contributed by atoms with Gasteiger partial charge in [0, 0.05) is 20.7 Å². The molecule has 0 aliphatic carbocycles. The number of hydrogen-bond acceptors (Lipinski definition) is 5. The molecule has 0 saturated heterocycles. The Labute approximate surface area is 149 Å². The quantitative estimate of drug-likeness (QED) is 0.757. The predicted octanol–water partition coefficient (Wildman–Crippen LogP) is 1.61. The summed E-state index contributed by atoms with van der Waals surface area (Å²) in [6, 6.07) is 8.48. The van der Waals surface area contributed by atoms with Crippen LogP contribution in [-0.4, -0.2) is 57.9 Å². The number of methoxy groups -OCH3 is 1. The smallest absolute Gasteiger partial charge is 0.193 e. The number of ether oxygens (including phenoxy) is 2. The lowest BCUT2D eigenvalue weighted by Gasteiger charge is -2.39. The molecule has 0 spiro atoms. The van der Waals surface area contributed by atoms with Crippen molar-refractivity contribution in [3.05, 3.63) is 35.4 Å². The second-order valence-electron chi connectivity index (χ2n) is 5.66. The average molecular weight is 417 g/mol. The van der Waals surface area contributed by atoms with Crippen LogP contribution >= 0.6 is 24.0 Å². The van der Waals surface area contributed by atoms with Gasteiger partial charge in [-0.1, -0.05) is 24.3 Å². The molecule has 2 heterocycles. The van der Waals surface area contributed by atoms with Crippen LogP contribution in [0, 0.1) is 0 Å². The van der Waals surface area contributed by atoms with Crippen LogP contribution in [0.5, 0.6) is 0 Å². The van der Waals surface area contributed by atoms with Crippen molar-refractivity contribution in [3.8, 4) is 0 Å². The van der Waals surface area contributed by atoms with Crippen molar-refractivity contribution < 1.29 is 9.47 Å². The Kier molecular flexibility index (Phi) is 6.05. The molecule has 1 unspecified atom stereocenters. The summed E-state index contributed by atoms with van der Waals surface area (Å²) < 4.78 is 11.6. The highest BCUT2D eigenvalue weighted by Gasteiger charge is 2.38. The van der Waals surface area contributed by atoms with E-state index in [1.807, 2.05) is 0 Å². The van der Waals surface area contributed by atoms with Crippen molar-refractivity contribution >= 4 is 29.9 Å². The largest absolute Gasteiger partial charge is 0.381 e. The van der Waals surface area contributed by atoms with Gasteiger partial charge in [0.2, 0.25) is 0 Å². The van der Waals surface area contributed by atoms with Gasteiger partial charge in [-0.15, -0.1) is 24.0 Å². The zero-order chi connectivity index (χ0) is 14.7. The van der Waals surface area contributed by atoms with Gasteiger partial charge in [0.1, 0.15) is 5.60 Å². The molecule has 0 radical (unpaired) electrons. The van der Waals surface area contributed by atoms with Crippen LogP contribution in [0.25, 0.3) is 0 Å². The van der Waals surface area contributed by atoms with E-state index in [-0.39, 0.29) is 24.0 Å². The Hall–Kier alpha value is -0.860. The van der Waals surface area contributed by atoms with Crippen LogP contribution < -0.4 is 5.32 Å². The second-order valence-corrected chi connectivity index (χ2v) is 5.66. The van der Waals surface area contributed by atoms with Crippen molar-refractivity contribution in [1.29, 1.82) is 0 Å². The summed E-state index contributed by atoms with van der Waals surface area (Å²) in [6.07, 6.45) is 0.961. The number of likely N-dealkylation sites (N-methyl/N-ethyl adjacent to an activating group) is 1. The van der Waals surface area contributed by atoms with Crippen molar-refractivity contribution in [2.45, 2.75) is 12.0 Å². The van der Waals surface area contributed by atoms with E-state index in [0.29, 0.717) is 13.2 Å². The third-order valence-corrected chi connectivity index (χ3v) is 4.23. The maximum Gasteiger partial charge on any atom is 0.193 e. The first-order valence-corrected chi connectivity index (χ1v) is 7.46. The number of guanidine groups is 1. The van der Waals surface area contributed by atoms with Gasteiger partial charge in [-0.25, -0.2) is 0 Å². The van der Waals surface area contributed by atoms with Crippen LogP contribution in [0.3, 0.4) is 0 Å². The molecule has 0 saturated carbocycles. The van der Waals surface area contributed by atoms with Gasteiger partial charge < -0.3 is 19.7 Å². The molecule has 1 N–H and O–H groups in total. The minimum absolute atomic E-state index is 0. The molecule has 1 atom stereocenters. The van der Waals surface area contributed by atoms with E-state index in [2.05, 4.69) is 46.5 Å². The fraction of sp³-hybridized carbons (Fsp3) is 0.562. The molecule has 0 bridgehead atoms. The molecular weight excluding hydrogens is 393 g/mol. The van der Waals surface area contributed by atoms with E-state index in [9.17, 15) is 0 Å². The number of halogens is 1. The fourth-order valence-electron chi connectivity index (χ4n) is 3.11. The van der Waals surface area contributed by atoms with Gasteiger partial charge in [-0.05, 0) is 17.5 Å². The first-order valence-electron chi connectivity index (χ1n) is 7.46. The van der Waals surface area contributed by atoms with Crippen LogP contribution in [-0.2, 0) is 21.5 Å². The van der Waals surface area contributed by atoms with Crippen molar-refractivity contribution in [3.63, 3.8) is 0 Å². The third kappa shape index (κ3) is 3.38. The zero-order valence-corrected chi connectivity index (χ0v) is 15.5. The number of fused-ring (bicyclic) bond motifs is 1. The number of benzene rings is 1. The Balaban J connectivity index is 0.00000176. The summed E-state index contributed by atoms with van der Waals surface area (Å²) in [5.74, 6) is 0.942. The summed E-state index contributed by atoms with van der Waals surface area (Å²) >= 11 is 0. The maximum atomic E-state index is 6.17.